The first kappa shape index (κ1) is 16.0. The Hall–Kier alpha value is 0. The average Bonchev–Trinajstić information content (AvgIpc) is 2.28. The van der Waals surface area contributed by atoms with E-state index >= 15 is 0 Å². The third-order valence-corrected chi connectivity index (χ3v) is 3.94. The van der Waals surface area contributed by atoms with Crippen LogP contribution >= 0.6 is 0 Å². The predicted molar refractivity (Wildman–Crippen MR) is 75.8 cm³/mol. The van der Waals surface area contributed by atoms with E-state index in [4.69, 9.17) is 0 Å². The quantitative estimate of drug-likeness (QED) is 0.425. The number of hydrogen-bond donors (Lipinski definition) is 0. The topological polar surface area (TPSA) is 0 Å². The number of rotatable bonds is 10. The van der Waals surface area contributed by atoms with Crippen molar-refractivity contribution in [3.05, 3.63) is 0 Å². The Morgan fingerprint density at radius 2 is 1.38 bits per heavy atom. The molecule has 0 amide bonds. The van der Waals surface area contributed by atoms with Crippen molar-refractivity contribution in [2.45, 2.75) is 86.0 Å². The highest BCUT2D eigenvalue weighted by Gasteiger charge is 2.14. The van der Waals surface area contributed by atoms with E-state index in [1.165, 1.54) is 51.4 Å². The molecule has 0 aromatic carbocycles. The van der Waals surface area contributed by atoms with Crippen molar-refractivity contribution in [2.75, 3.05) is 0 Å². The van der Waals surface area contributed by atoms with Crippen LogP contribution in [0.5, 0.6) is 0 Å². The van der Waals surface area contributed by atoms with Crippen molar-refractivity contribution in [2.24, 2.45) is 17.8 Å². The molecule has 0 heteroatoms. The normalized spacial score (nSPS) is 13.7. The molecule has 1 unspecified atom stereocenters. The van der Waals surface area contributed by atoms with Crippen LogP contribution in [0, 0.1) is 17.8 Å². The van der Waals surface area contributed by atoms with Gasteiger partial charge in [-0.25, -0.2) is 0 Å². The fourth-order valence-corrected chi connectivity index (χ4v) is 2.54. The molecule has 0 fully saturated rings. The van der Waals surface area contributed by atoms with Gasteiger partial charge in [-0.1, -0.05) is 79.6 Å². The van der Waals surface area contributed by atoms with Gasteiger partial charge >= 0.3 is 0 Å². The summed E-state index contributed by atoms with van der Waals surface area (Å²) in [6, 6.07) is 0. The molecule has 98 valence electrons. The first-order chi connectivity index (χ1) is 7.63. The summed E-state index contributed by atoms with van der Waals surface area (Å²) < 4.78 is 0. The Bertz CT molecular complexity index is 133. The van der Waals surface area contributed by atoms with Crippen molar-refractivity contribution < 1.29 is 0 Å². The van der Waals surface area contributed by atoms with Crippen molar-refractivity contribution in [3.8, 4) is 0 Å². The number of hydrogen-bond acceptors (Lipinski definition) is 0. The van der Waals surface area contributed by atoms with Gasteiger partial charge in [0.1, 0.15) is 0 Å². The molecule has 0 nitrogen and oxygen atoms in total. The zero-order valence-electron chi connectivity index (χ0n) is 12.4. The van der Waals surface area contributed by atoms with E-state index in [9.17, 15) is 0 Å². The maximum atomic E-state index is 2.36. The lowest BCUT2D eigenvalue weighted by molar-refractivity contribution is 0.299. The second-order valence-electron chi connectivity index (χ2n) is 5.90. The molecule has 1 atom stereocenters. The van der Waals surface area contributed by atoms with Gasteiger partial charge in [0.25, 0.3) is 0 Å². The largest absolute Gasteiger partial charge is 0.0654 e. The maximum Gasteiger partial charge on any atom is -0.0412 e. The van der Waals surface area contributed by atoms with Gasteiger partial charge in [0, 0.05) is 0 Å². The van der Waals surface area contributed by atoms with E-state index in [-0.39, 0.29) is 0 Å². The van der Waals surface area contributed by atoms with Gasteiger partial charge in [0.15, 0.2) is 0 Å². The summed E-state index contributed by atoms with van der Waals surface area (Å²) in [5, 5.41) is 0. The molecule has 0 saturated heterocycles. The smallest absolute Gasteiger partial charge is 0.0412 e. The molecule has 16 heavy (non-hydrogen) atoms. The van der Waals surface area contributed by atoms with Gasteiger partial charge in [-0.2, -0.15) is 0 Å². The van der Waals surface area contributed by atoms with Crippen molar-refractivity contribution in [3.63, 3.8) is 0 Å². The number of unbranched alkanes of at least 4 members (excludes halogenated alkanes) is 1. The molecular formula is C16H34. The third-order valence-electron chi connectivity index (χ3n) is 3.94. The molecule has 0 spiro atoms. The molecule has 0 rings (SSSR count). The molecule has 0 heterocycles. The lowest BCUT2D eigenvalue weighted by atomic mass is 9.84. The van der Waals surface area contributed by atoms with Crippen LogP contribution in [0.15, 0.2) is 0 Å². The van der Waals surface area contributed by atoms with Gasteiger partial charge < -0.3 is 0 Å². The molecule has 0 aliphatic carbocycles. The van der Waals surface area contributed by atoms with E-state index in [1.807, 2.05) is 0 Å². The van der Waals surface area contributed by atoms with Crippen LogP contribution in [0.25, 0.3) is 0 Å². The second-order valence-corrected chi connectivity index (χ2v) is 5.90. The lowest BCUT2D eigenvalue weighted by Crippen LogP contribution is -2.09. The van der Waals surface area contributed by atoms with E-state index in [0.29, 0.717) is 0 Å². The van der Waals surface area contributed by atoms with Crippen molar-refractivity contribution >= 4 is 0 Å². The van der Waals surface area contributed by atoms with Crippen molar-refractivity contribution in [1.29, 1.82) is 0 Å². The van der Waals surface area contributed by atoms with Crippen LogP contribution in [0.4, 0.5) is 0 Å². The summed E-state index contributed by atoms with van der Waals surface area (Å²) in [5.74, 6) is 2.87. The Balaban J connectivity index is 3.97. The van der Waals surface area contributed by atoms with E-state index in [0.717, 1.165) is 17.8 Å². The fourth-order valence-electron chi connectivity index (χ4n) is 2.54. The van der Waals surface area contributed by atoms with Crippen LogP contribution in [0.3, 0.4) is 0 Å². The summed E-state index contributed by atoms with van der Waals surface area (Å²) >= 11 is 0. The van der Waals surface area contributed by atoms with Crippen LogP contribution in [-0.2, 0) is 0 Å². The molecule has 0 saturated carbocycles. The minimum absolute atomic E-state index is 0.880. The van der Waals surface area contributed by atoms with E-state index in [2.05, 4.69) is 34.6 Å². The molecule has 0 radical (unpaired) electrons. The molecule has 0 N–H and O–H groups in total. The first-order valence-electron chi connectivity index (χ1n) is 7.63. The molecule has 0 bridgehead atoms. The summed E-state index contributed by atoms with van der Waals surface area (Å²) in [7, 11) is 0. The van der Waals surface area contributed by atoms with Crippen LogP contribution < -0.4 is 0 Å². The summed E-state index contributed by atoms with van der Waals surface area (Å²) in [6.07, 6.45) is 11.4. The second kappa shape index (κ2) is 10.2. The molecule has 0 aromatic heterocycles. The van der Waals surface area contributed by atoms with Crippen LogP contribution in [0.1, 0.15) is 86.0 Å². The minimum Gasteiger partial charge on any atom is -0.0654 e. The maximum absolute atomic E-state index is 2.36. The SMILES string of the molecule is CCCCC(CCC(C)C)CC(CC)CC. The average molecular weight is 226 g/mol. The van der Waals surface area contributed by atoms with E-state index in [1.54, 1.807) is 0 Å². The predicted octanol–water partition coefficient (Wildman–Crippen LogP) is 6.06. The van der Waals surface area contributed by atoms with Crippen LogP contribution in [0.2, 0.25) is 0 Å². The zero-order chi connectivity index (χ0) is 12.4. The Morgan fingerprint density at radius 3 is 1.81 bits per heavy atom. The van der Waals surface area contributed by atoms with Gasteiger partial charge in [-0.15, -0.1) is 0 Å². The highest BCUT2D eigenvalue weighted by Crippen LogP contribution is 2.27. The molecular weight excluding hydrogens is 192 g/mol. The first-order valence-corrected chi connectivity index (χ1v) is 7.63. The third kappa shape index (κ3) is 8.19. The highest BCUT2D eigenvalue weighted by atomic mass is 14.2. The monoisotopic (exact) mass is 226 g/mol. The standard InChI is InChI=1S/C16H34/c1-6-9-10-16(12-11-14(4)5)13-15(7-2)8-3/h14-16H,6-13H2,1-5H3. The van der Waals surface area contributed by atoms with Gasteiger partial charge in [0.05, 0.1) is 0 Å². The van der Waals surface area contributed by atoms with Gasteiger partial charge in [-0.3, -0.25) is 0 Å². The molecule has 0 aliphatic heterocycles. The zero-order valence-corrected chi connectivity index (χ0v) is 12.4. The Labute approximate surface area is 104 Å². The van der Waals surface area contributed by atoms with Gasteiger partial charge in [0.2, 0.25) is 0 Å². The van der Waals surface area contributed by atoms with Crippen molar-refractivity contribution in [1.82, 2.24) is 0 Å². The van der Waals surface area contributed by atoms with Crippen LogP contribution in [-0.4, -0.2) is 0 Å². The summed E-state index contributed by atoms with van der Waals surface area (Å²) in [6.45, 7) is 11.7. The summed E-state index contributed by atoms with van der Waals surface area (Å²) in [4.78, 5) is 0. The fraction of sp³-hybridized carbons (Fsp3) is 1.00. The van der Waals surface area contributed by atoms with Gasteiger partial charge in [-0.05, 0) is 24.2 Å². The summed E-state index contributed by atoms with van der Waals surface area (Å²) in [5.41, 5.74) is 0. The molecule has 0 aromatic rings. The van der Waals surface area contributed by atoms with E-state index < -0.39 is 0 Å². The Kier molecular flexibility index (Phi) is 10.2. The lowest BCUT2D eigenvalue weighted by Gasteiger charge is -2.22. The molecule has 0 aliphatic rings. The highest BCUT2D eigenvalue weighted by molar-refractivity contribution is 4.66. The Morgan fingerprint density at radius 1 is 0.750 bits per heavy atom. The minimum atomic E-state index is 0.880.